The van der Waals surface area contributed by atoms with Gasteiger partial charge in [-0.1, -0.05) is 84.6 Å². The molecule has 6 nitrogen and oxygen atoms in total. The molecule has 12 rings (SSSR count). The fourth-order valence-corrected chi connectivity index (χ4v) is 10.5. The molecule has 1 spiro atoms. The third kappa shape index (κ3) is 3.98. The molecular weight excluding hydrogens is 695 g/mol. The highest BCUT2D eigenvalue weighted by Crippen LogP contribution is 2.63. The molecule has 3 aliphatic rings. The Hall–Kier alpha value is -7.14. The lowest BCUT2D eigenvalue weighted by Crippen LogP contribution is -2.33. The third-order valence-corrected chi connectivity index (χ3v) is 12.5. The molecule has 2 aliphatic heterocycles. The Kier molecular flexibility index (Phi) is 6.17. The maximum absolute atomic E-state index is 7.79. The first kappa shape index (κ1) is 30.3. The van der Waals surface area contributed by atoms with Gasteiger partial charge in [0.25, 0.3) is 0 Å². The van der Waals surface area contributed by atoms with Crippen LogP contribution in [0.15, 0.2) is 174 Å². The van der Waals surface area contributed by atoms with E-state index in [1.807, 2.05) is 60.6 Å². The Bertz CT molecular complexity index is 3070. The van der Waals surface area contributed by atoms with E-state index in [1.54, 1.807) is 0 Å². The van der Waals surface area contributed by atoms with E-state index < -0.39 is 5.41 Å². The Balaban J connectivity index is 1.18. The summed E-state index contributed by atoms with van der Waals surface area (Å²) in [5.74, 6) is 1.65. The van der Waals surface area contributed by atoms with Crippen LogP contribution in [0.5, 0.6) is 11.5 Å². The van der Waals surface area contributed by atoms with Crippen LogP contribution in [0, 0.1) is 6.57 Å². The number of rotatable bonds is 2. The van der Waals surface area contributed by atoms with Crippen molar-refractivity contribution >= 4 is 56.3 Å². The summed E-state index contributed by atoms with van der Waals surface area (Å²) >= 11 is 1.81. The number of benzene rings is 6. The van der Waals surface area contributed by atoms with Crippen LogP contribution in [0.25, 0.3) is 43.7 Å². The Morgan fingerprint density at radius 1 is 0.564 bits per heavy atom. The molecule has 0 amide bonds. The molecule has 55 heavy (non-hydrogen) atoms. The van der Waals surface area contributed by atoms with Gasteiger partial charge in [0.05, 0.1) is 51.5 Å². The standard InChI is InChI=1S/C48H27N5OS/c1-49-29-21-24-37-32(27-29)31-11-2-3-14-36(31)53(37)40-17-8-20-43-45(40)48(34-12-9-25-50-46(34)47-35(48)13-10-26-51-47)33-23-22-30(28-44(33)55-43)52-38-15-4-6-18-41(38)54-42-19-7-5-16-39(42)52/h2-28H. The van der Waals surface area contributed by atoms with Crippen LogP contribution >= 0.6 is 11.8 Å². The largest absolute Gasteiger partial charge is 0.453 e. The quantitative estimate of drug-likeness (QED) is 0.166. The minimum absolute atomic E-state index is 0.628. The lowest BCUT2D eigenvalue weighted by atomic mass is 9.67. The van der Waals surface area contributed by atoms with Crippen molar-refractivity contribution < 1.29 is 4.74 Å². The Morgan fingerprint density at radius 3 is 1.98 bits per heavy atom. The van der Waals surface area contributed by atoms with Crippen molar-refractivity contribution in [2.24, 2.45) is 0 Å². The normalized spacial score (nSPS) is 14.0. The number of hydrogen-bond donors (Lipinski definition) is 0. The smallest absolute Gasteiger partial charge is 0.188 e. The summed E-state index contributed by atoms with van der Waals surface area (Å²) in [6.45, 7) is 7.79. The molecule has 0 bridgehead atoms. The Labute approximate surface area is 320 Å². The number of aromatic nitrogens is 3. The van der Waals surface area contributed by atoms with Gasteiger partial charge in [-0.2, -0.15) is 0 Å². The molecule has 6 aromatic carbocycles. The summed E-state index contributed by atoms with van der Waals surface area (Å²) < 4.78 is 8.78. The van der Waals surface area contributed by atoms with Gasteiger partial charge < -0.3 is 14.2 Å². The number of para-hydroxylation sites is 5. The van der Waals surface area contributed by atoms with E-state index in [0.29, 0.717) is 5.69 Å². The van der Waals surface area contributed by atoms with Crippen molar-refractivity contribution in [2.45, 2.75) is 15.2 Å². The number of pyridine rings is 2. The molecule has 0 atom stereocenters. The molecule has 9 aromatic rings. The van der Waals surface area contributed by atoms with Gasteiger partial charge in [0, 0.05) is 38.8 Å². The highest BCUT2D eigenvalue weighted by Gasteiger charge is 2.53. The summed E-state index contributed by atoms with van der Waals surface area (Å²) in [6, 6.07) is 53.2. The summed E-state index contributed by atoms with van der Waals surface area (Å²) in [5.41, 5.74) is 12.6. The lowest BCUT2D eigenvalue weighted by molar-refractivity contribution is 0.477. The zero-order chi connectivity index (χ0) is 36.3. The molecule has 0 saturated carbocycles. The fourth-order valence-electron chi connectivity index (χ4n) is 9.24. The molecule has 7 heteroatoms. The van der Waals surface area contributed by atoms with Crippen molar-refractivity contribution in [3.05, 3.63) is 198 Å². The second kappa shape index (κ2) is 11.2. The molecule has 0 saturated heterocycles. The molecule has 256 valence electrons. The zero-order valence-electron chi connectivity index (χ0n) is 29.1. The van der Waals surface area contributed by atoms with Crippen LogP contribution in [0.3, 0.4) is 0 Å². The number of hydrogen-bond acceptors (Lipinski definition) is 5. The molecule has 0 unspecified atom stereocenters. The van der Waals surface area contributed by atoms with E-state index in [4.69, 9.17) is 21.3 Å². The van der Waals surface area contributed by atoms with Crippen LogP contribution in [0.2, 0.25) is 0 Å². The molecule has 0 fully saturated rings. The van der Waals surface area contributed by atoms with E-state index in [2.05, 4.69) is 130 Å². The summed E-state index contributed by atoms with van der Waals surface area (Å²) in [6.07, 6.45) is 3.75. The molecule has 3 aromatic heterocycles. The fraction of sp³-hybridized carbons (Fsp3) is 0.0208. The summed E-state index contributed by atoms with van der Waals surface area (Å²) in [5, 5.41) is 2.18. The van der Waals surface area contributed by atoms with Crippen LogP contribution in [-0.2, 0) is 5.41 Å². The van der Waals surface area contributed by atoms with Gasteiger partial charge in [-0.25, -0.2) is 4.85 Å². The van der Waals surface area contributed by atoms with Crippen LogP contribution in [-0.4, -0.2) is 14.5 Å². The van der Waals surface area contributed by atoms with Crippen LogP contribution in [0.4, 0.5) is 22.7 Å². The number of fused-ring (bicyclic) bond motifs is 14. The maximum Gasteiger partial charge on any atom is 0.188 e. The first-order valence-corrected chi connectivity index (χ1v) is 19.0. The van der Waals surface area contributed by atoms with Crippen molar-refractivity contribution in [1.82, 2.24) is 14.5 Å². The van der Waals surface area contributed by atoms with Crippen molar-refractivity contribution in [2.75, 3.05) is 4.90 Å². The van der Waals surface area contributed by atoms with E-state index >= 15 is 0 Å². The molecule has 5 heterocycles. The van der Waals surface area contributed by atoms with Crippen LogP contribution < -0.4 is 9.64 Å². The monoisotopic (exact) mass is 721 g/mol. The van der Waals surface area contributed by atoms with Gasteiger partial charge in [0.1, 0.15) is 0 Å². The number of ether oxygens (including phenoxy) is 1. The van der Waals surface area contributed by atoms with Gasteiger partial charge >= 0.3 is 0 Å². The van der Waals surface area contributed by atoms with Crippen molar-refractivity contribution in [1.29, 1.82) is 0 Å². The third-order valence-electron chi connectivity index (χ3n) is 11.3. The van der Waals surface area contributed by atoms with Gasteiger partial charge in [0.2, 0.25) is 0 Å². The highest BCUT2D eigenvalue weighted by molar-refractivity contribution is 7.99. The second-order valence-electron chi connectivity index (χ2n) is 14.0. The van der Waals surface area contributed by atoms with Gasteiger partial charge in [-0.05, 0) is 101 Å². The Morgan fingerprint density at radius 2 is 1.24 bits per heavy atom. The van der Waals surface area contributed by atoms with Crippen molar-refractivity contribution in [3.8, 4) is 28.6 Å². The molecule has 0 radical (unpaired) electrons. The zero-order valence-corrected chi connectivity index (χ0v) is 30.0. The number of anilines is 3. The SMILES string of the molecule is [C-]#[N+]c1ccc2c(c1)c1ccccc1n2-c1cccc2c1C1(c3ccc(N4c5ccccc5Oc5ccccc54)cc3S2)c2cccnc2-c2ncccc21. The van der Waals surface area contributed by atoms with E-state index in [-0.39, 0.29) is 0 Å². The minimum atomic E-state index is -0.729. The second-order valence-corrected chi connectivity index (χ2v) is 15.1. The van der Waals surface area contributed by atoms with E-state index in [0.717, 1.165) is 78.6 Å². The van der Waals surface area contributed by atoms with Gasteiger partial charge in [-0.15, -0.1) is 0 Å². The first-order chi connectivity index (χ1) is 27.2. The minimum Gasteiger partial charge on any atom is -0.453 e. The lowest BCUT2D eigenvalue weighted by Gasteiger charge is -2.41. The number of nitrogens with zero attached hydrogens (tertiary/aromatic N) is 5. The summed E-state index contributed by atoms with van der Waals surface area (Å²) in [7, 11) is 0. The van der Waals surface area contributed by atoms with E-state index in [1.165, 1.54) is 20.9 Å². The molecule has 1 aliphatic carbocycles. The summed E-state index contributed by atoms with van der Waals surface area (Å²) in [4.78, 5) is 18.5. The first-order valence-electron chi connectivity index (χ1n) is 18.2. The average Bonchev–Trinajstić information content (AvgIpc) is 3.72. The van der Waals surface area contributed by atoms with E-state index in [9.17, 15) is 0 Å². The predicted octanol–water partition coefficient (Wildman–Crippen LogP) is 12.5. The molecule has 0 N–H and O–H groups in total. The highest BCUT2D eigenvalue weighted by atomic mass is 32.2. The van der Waals surface area contributed by atoms with Crippen molar-refractivity contribution in [3.63, 3.8) is 0 Å². The predicted molar refractivity (Wildman–Crippen MR) is 219 cm³/mol. The molecular formula is C48H27N5OS. The average molecular weight is 722 g/mol. The van der Waals surface area contributed by atoms with Crippen LogP contribution in [0.1, 0.15) is 22.3 Å². The maximum atomic E-state index is 7.79. The van der Waals surface area contributed by atoms with Gasteiger partial charge in [0.15, 0.2) is 17.2 Å². The topological polar surface area (TPSA) is 47.5 Å². The van der Waals surface area contributed by atoms with Gasteiger partial charge in [-0.3, -0.25) is 9.97 Å².